The zero-order valence-electron chi connectivity index (χ0n) is 19.2. The van der Waals surface area contributed by atoms with Gasteiger partial charge in [0.2, 0.25) is 0 Å². The molecule has 0 aromatic heterocycles. The molecule has 0 spiro atoms. The molecule has 32 heavy (non-hydrogen) atoms. The van der Waals surface area contributed by atoms with Gasteiger partial charge in [0.15, 0.2) is 0 Å². The number of nitrogens with zero attached hydrogens (tertiary/aromatic N) is 3. The van der Waals surface area contributed by atoms with Crippen LogP contribution in [0.2, 0.25) is 0 Å². The van der Waals surface area contributed by atoms with Crippen molar-refractivity contribution in [3.05, 3.63) is 29.8 Å². The van der Waals surface area contributed by atoms with Crippen molar-refractivity contribution in [3.63, 3.8) is 0 Å². The Hall–Kier alpha value is -2.41. The van der Waals surface area contributed by atoms with E-state index in [0.29, 0.717) is 11.3 Å². The highest BCUT2D eigenvalue weighted by Crippen LogP contribution is 2.33. The first-order valence-corrected chi connectivity index (χ1v) is 11.3. The van der Waals surface area contributed by atoms with E-state index in [1.807, 2.05) is 0 Å². The maximum atomic E-state index is 13.3. The maximum Gasteiger partial charge on any atom is 0.410 e. The minimum Gasteiger partial charge on any atom is -0.497 e. The van der Waals surface area contributed by atoms with E-state index in [-0.39, 0.29) is 19.6 Å². The molecule has 0 saturated carbocycles. The van der Waals surface area contributed by atoms with E-state index in [4.69, 9.17) is 18.9 Å². The first-order valence-electron chi connectivity index (χ1n) is 9.87. The lowest BCUT2D eigenvalue weighted by molar-refractivity contribution is -0.147. The molecular weight excluding hydrogens is 442 g/mol. The molecule has 12 heteroatoms. The third-order valence-electron chi connectivity index (χ3n) is 5.38. The number of hydrogen-bond acceptors (Lipinski definition) is 8. The van der Waals surface area contributed by atoms with Crippen molar-refractivity contribution in [2.75, 3.05) is 49.1 Å². The van der Waals surface area contributed by atoms with E-state index in [1.54, 1.807) is 24.3 Å². The highest BCUT2D eigenvalue weighted by Gasteiger charge is 2.53. The van der Waals surface area contributed by atoms with Crippen molar-refractivity contribution in [1.29, 1.82) is 0 Å². The molecule has 1 aromatic carbocycles. The average molecular weight is 474 g/mol. The van der Waals surface area contributed by atoms with Gasteiger partial charge in [-0.05, 0) is 24.1 Å². The van der Waals surface area contributed by atoms with Gasteiger partial charge in [-0.2, -0.15) is 17.0 Å². The molecule has 11 nitrogen and oxygen atoms in total. The molecule has 1 aliphatic rings. The first-order chi connectivity index (χ1) is 15.1. The average Bonchev–Trinajstić information content (AvgIpc) is 3.15. The fourth-order valence-corrected chi connectivity index (χ4v) is 5.07. The topological polar surface area (TPSA) is 115 Å². The van der Waals surface area contributed by atoms with Crippen molar-refractivity contribution in [1.82, 2.24) is 13.5 Å². The lowest BCUT2D eigenvalue weighted by atomic mass is 10.1. The summed E-state index contributed by atoms with van der Waals surface area (Å²) in [6, 6.07) is 4.22. The Labute approximate surface area is 188 Å². The molecule has 0 unspecified atom stereocenters. The monoisotopic (exact) mass is 473 g/mol. The number of carbonyl (C=O) groups is 2. The van der Waals surface area contributed by atoms with Crippen molar-refractivity contribution in [3.8, 4) is 5.75 Å². The van der Waals surface area contributed by atoms with E-state index in [1.165, 1.54) is 51.7 Å². The minimum atomic E-state index is -4.00. The molecule has 1 saturated heterocycles. The summed E-state index contributed by atoms with van der Waals surface area (Å²) in [4.78, 5) is 26.5. The summed E-state index contributed by atoms with van der Waals surface area (Å²) in [5, 5.41) is 0. The second-order valence-electron chi connectivity index (χ2n) is 7.44. The zero-order chi connectivity index (χ0) is 24.1. The smallest absolute Gasteiger partial charge is 0.410 e. The first kappa shape index (κ1) is 25.8. The maximum absolute atomic E-state index is 13.3. The molecule has 180 valence electrons. The van der Waals surface area contributed by atoms with Crippen LogP contribution in [0.1, 0.15) is 12.0 Å². The number of amides is 1. The lowest BCUT2D eigenvalue weighted by Gasteiger charge is -2.34. The Kier molecular flexibility index (Phi) is 8.84. The summed E-state index contributed by atoms with van der Waals surface area (Å²) in [7, 11) is 4.19. The SMILES string of the molecule is COC[C@@H]1C[C@H](N(Cc2ccc(OC)cc2)S(=O)(=O)N(C)C)[C@H](C(=O)OC)N1C(=O)OC. The van der Waals surface area contributed by atoms with Gasteiger partial charge in [0, 0.05) is 27.7 Å². The lowest BCUT2D eigenvalue weighted by Crippen LogP contribution is -2.55. The molecular formula is C20H31N3O8S. The van der Waals surface area contributed by atoms with Crippen LogP contribution in [0.3, 0.4) is 0 Å². The number of methoxy groups -OCH3 is 4. The van der Waals surface area contributed by atoms with Gasteiger partial charge in [-0.15, -0.1) is 0 Å². The molecule has 2 rings (SSSR count). The van der Waals surface area contributed by atoms with Crippen LogP contribution in [0.15, 0.2) is 24.3 Å². The second kappa shape index (κ2) is 10.9. The van der Waals surface area contributed by atoms with Gasteiger partial charge in [0.05, 0.1) is 40.0 Å². The van der Waals surface area contributed by atoms with Gasteiger partial charge in [-0.3, -0.25) is 4.90 Å². The molecule has 3 atom stereocenters. The van der Waals surface area contributed by atoms with Crippen molar-refractivity contribution in [2.24, 2.45) is 0 Å². The van der Waals surface area contributed by atoms with E-state index >= 15 is 0 Å². The number of carbonyl (C=O) groups excluding carboxylic acids is 2. The van der Waals surface area contributed by atoms with Crippen molar-refractivity contribution in [2.45, 2.75) is 31.1 Å². The molecule has 1 heterocycles. The van der Waals surface area contributed by atoms with E-state index < -0.39 is 40.4 Å². The van der Waals surface area contributed by atoms with Crippen LogP contribution in [-0.4, -0.2) is 101 Å². The molecule has 1 aromatic rings. The molecule has 0 aliphatic carbocycles. The minimum absolute atomic E-state index is 0.0304. The zero-order valence-corrected chi connectivity index (χ0v) is 20.0. The summed E-state index contributed by atoms with van der Waals surface area (Å²) in [5.74, 6) is -0.117. The van der Waals surface area contributed by atoms with Crippen LogP contribution in [0.5, 0.6) is 5.75 Å². The number of benzene rings is 1. The molecule has 1 amide bonds. The Morgan fingerprint density at radius 1 is 1.06 bits per heavy atom. The highest BCUT2D eigenvalue weighted by molar-refractivity contribution is 7.86. The number of rotatable bonds is 9. The van der Waals surface area contributed by atoms with Gasteiger partial charge in [-0.1, -0.05) is 12.1 Å². The number of ether oxygens (including phenoxy) is 4. The third-order valence-corrected chi connectivity index (χ3v) is 7.30. The Bertz CT molecular complexity index is 891. The Balaban J connectivity index is 2.57. The van der Waals surface area contributed by atoms with E-state index in [0.717, 1.165) is 4.31 Å². The Morgan fingerprint density at radius 2 is 1.69 bits per heavy atom. The van der Waals surface area contributed by atoms with Crippen LogP contribution in [0, 0.1) is 0 Å². The highest BCUT2D eigenvalue weighted by atomic mass is 32.2. The van der Waals surface area contributed by atoms with Crippen LogP contribution in [0.25, 0.3) is 0 Å². The molecule has 1 fully saturated rings. The van der Waals surface area contributed by atoms with Crippen LogP contribution in [-0.2, 0) is 35.8 Å². The van der Waals surface area contributed by atoms with Crippen LogP contribution >= 0.6 is 0 Å². The van der Waals surface area contributed by atoms with Gasteiger partial charge in [0.1, 0.15) is 11.8 Å². The van der Waals surface area contributed by atoms with Crippen LogP contribution < -0.4 is 4.74 Å². The normalized spacial score (nSPS) is 21.1. The molecule has 1 aliphatic heterocycles. The van der Waals surface area contributed by atoms with Crippen molar-refractivity contribution < 1.29 is 37.0 Å². The van der Waals surface area contributed by atoms with E-state index in [2.05, 4.69) is 0 Å². The molecule has 0 N–H and O–H groups in total. The summed E-state index contributed by atoms with van der Waals surface area (Å²) in [6.07, 6.45) is -0.608. The predicted octanol–water partition coefficient (Wildman–Crippen LogP) is 0.701. The molecule has 0 radical (unpaired) electrons. The second-order valence-corrected chi connectivity index (χ2v) is 9.54. The number of hydrogen-bond donors (Lipinski definition) is 0. The fourth-order valence-electron chi connectivity index (χ4n) is 3.80. The third kappa shape index (κ3) is 5.31. The van der Waals surface area contributed by atoms with E-state index in [9.17, 15) is 18.0 Å². The Morgan fingerprint density at radius 3 is 2.16 bits per heavy atom. The molecule has 0 bridgehead atoms. The summed E-state index contributed by atoms with van der Waals surface area (Å²) < 4.78 is 49.1. The number of likely N-dealkylation sites (tertiary alicyclic amines) is 1. The van der Waals surface area contributed by atoms with Crippen molar-refractivity contribution >= 4 is 22.3 Å². The quantitative estimate of drug-likeness (QED) is 0.482. The summed E-state index contributed by atoms with van der Waals surface area (Å²) in [6.45, 7) is 0.0644. The van der Waals surface area contributed by atoms with Gasteiger partial charge in [-0.25, -0.2) is 9.59 Å². The fraction of sp³-hybridized carbons (Fsp3) is 0.600. The van der Waals surface area contributed by atoms with Crippen LogP contribution in [0.4, 0.5) is 4.79 Å². The van der Waals surface area contributed by atoms with Gasteiger partial charge >= 0.3 is 12.1 Å². The summed E-state index contributed by atoms with van der Waals surface area (Å²) in [5.41, 5.74) is 0.680. The summed E-state index contributed by atoms with van der Waals surface area (Å²) >= 11 is 0. The predicted molar refractivity (Wildman–Crippen MR) is 115 cm³/mol. The van der Waals surface area contributed by atoms with Gasteiger partial charge < -0.3 is 18.9 Å². The van der Waals surface area contributed by atoms with Gasteiger partial charge in [0.25, 0.3) is 10.2 Å². The number of esters is 1. The largest absolute Gasteiger partial charge is 0.497 e. The standard InChI is InChI=1S/C20H31N3O8S/c1-21(2)32(26,27)22(12-14-7-9-16(29-4)10-8-14)17-11-15(13-28-3)23(20(25)31-6)18(17)19(24)30-5/h7-10,15,17-18H,11-13H2,1-6H3/t15-,17-,18+/m0/s1.